The lowest BCUT2D eigenvalue weighted by atomic mass is 9.95. The molecule has 1 aliphatic rings. The zero-order valence-electron chi connectivity index (χ0n) is 13.1. The van der Waals surface area contributed by atoms with Crippen LogP contribution in [0.25, 0.3) is 11.2 Å². The lowest BCUT2D eigenvalue weighted by molar-refractivity contribution is -0.128. The molecule has 23 heavy (non-hydrogen) atoms. The second-order valence-corrected chi connectivity index (χ2v) is 5.18. The van der Waals surface area contributed by atoms with Gasteiger partial charge in [0.15, 0.2) is 11.2 Å². The Bertz CT molecular complexity index is 723. The molecule has 0 amide bonds. The molecule has 1 saturated heterocycles. The fourth-order valence-corrected chi connectivity index (χ4v) is 2.70. The van der Waals surface area contributed by atoms with Gasteiger partial charge in [-0.15, -0.1) is 0 Å². The van der Waals surface area contributed by atoms with Crippen LogP contribution in [0.3, 0.4) is 0 Å². The van der Waals surface area contributed by atoms with Gasteiger partial charge in [0, 0.05) is 6.42 Å². The molecule has 10 nitrogen and oxygen atoms in total. The Labute approximate surface area is 132 Å². The van der Waals surface area contributed by atoms with Gasteiger partial charge in [0.1, 0.15) is 11.8 Å². The first-order valence-electron chi connectivity index (χ1n) is 7.27. The van der Waals surface area contributed by atoms with Crippen molar-refractivity contribution < 1.29 is 14.9 Å². The Hall–Kier alpha value is -2.01. The number of nitrogens with two attached hydrogens (primary N) is 2. The fraction of sp³-hybridized carbons (Fsp3) is 0.615. The van der Waals surface area contributed by atoms with Crippen molar-refractivity contribution in [2.45, 2.75) is 37.7 Å². The number of rotatable bonds is 3. The summed E-state index contributed by atoms with van der Waals surface area (Å²) in [6.07, 6.45) is 0.783. The van der Waals surface area contributed by atoms with Crippen molar-refractivity contribution in [1.82, 2.24) is 19.5 Å². The number of nitrogens with zero attached hydrogens (tertiary/aromatic N) is 3. The van der Waals surface area contributed by atoms with E-state index in [1.54, 1.807) is 4.57 Å². The maximum absolute atomic E-state index is 11.8. The minimum absolute atomic E-state index is 0.0169. The van der Waals surface area contributed by atoms with Crippen molar-refractivity contribution in [3.63, 3.8) is 0 Å². The third-order valence-electron chi connectivity index (χ3n) is 4.03. The first kappa shape index (κ1) is 17.3. The first-order valence-corrected chi connectivity index (χ1v) is 7.27. The van der Waals surface area contributed by atoms with Crippen molar-refractivity contribution in [2.75, 3.05) is 19.4 Å². The zero-order chi connectivity index (χ0) is 17.2. The molecule has 0 bridgehead atoms. The van der Waals surface area contributed by atoms with Gasteiger partial charge in [0.25, 0.3) is 5.56 Å². The van der Waals surface area contributed by atoms with Crippen LogP contribution in [0.1, 0.15) is 26.0 Å². The minimum atomic E-state index is -1.01. The van der Waals surface area contributed by atoms with E-state index in [-0.39, 0.29) is 24.5 Å². The number of aromatic amines is 1. The van der Waals surface area contributed by atoms with E-state index in [1.807, 2.05) is 6.92 Å². The van der Waals surface area contributed by atoms with Gasteiger partial charge in [-0.3, -0.25) is 14.3 Å². The highest BCUT2D eigenvalue weighted by molar-refractivity contribution is 5.70. The molecule has 0 aliphatic carbocycles. The van der Waals surface area contributed by atoms with Crippen molar-refractivity contribution in [1.29, 1.82) is 0 Å². The Balaban J connectivity index is 0.000000924. The molecular formula is C13H22N6O4. The van der Waals surface area contributed by atoms with Crippen molar-refractivity contribution in [2.24, 2.45) is 5.73 Å². The van der Waals surface area contributed by atoms with Crippen molar-refractivity contribution in [3.8, 4) is 0 Å². The average molecular weight is 326 g/mol. The number of aromatic nitrogens is 4. The number of nitrogens with one attached hydrogen (secondary N) is 1. The molecule has 1 fully saturated rings. The summed E-state index contributed by atoms with van der Waals surface area (Å²) in [7, 11) is 1.50. The highest BCUT2D eigenvalue weighted by Crippen LogP contribution is 2.39. The molecule has 2 aromatic rings. The molecule has 0 spiro atoms. The average Bonchev–Trinajstić information content (AvgIpc) is 3.10. The zero-order valence-corrected chi connectivity index (χ0v) is 13.1. The number of H-pyrrole nitrogens is 1. The first-order chi connectivity index (χ1) is 11.0. The predicted octanol–water partition coefficient (Wildman–Crippen LogP) is -1.30. The molecule has 2 aromatic heterocycles. The standard InChI is InChI=1S/C12H17N5O4.CH5N/c1-2-12(4-18)6(19)3-7(21-12)17-5-14-8-9(17)15-11(13)16-10(8)20;1-2/h5-7,18-19H,2-4H2,1H3,(H3,13,15,16,20);2H2,1H3/t6-,7?,12+;/m0./s1. The predicted molar refractivity (Wildman–Crippen MR) is 83.5 cm³/mol. The number of hydrogen-bond donors (Lipinski definition) is 5. The highest BCUT2D eigenvalue weighted by atomic mass is 16.6. The second kappa shape index (κ2) is 6.62. The molecule has 7 N–H and O–H groups in total. The van der Waals surface area contributed by atoms with Crippen molar-refractivity contribution >= 4 is 17.1 Å². The van der Waals surface area contributed by atoms with E-state index < -0.39 is 23.5 Å². The summed E-state index contributed by atoms with van der Waals surface area (Å²) in [5.74, 6) is -0.0169. The van der Waals surface area contributed by atoms with Crippen LogP contribution < -0.4 is 17.0 Å². The number of hydrogen-bond acceptors (Lipinski definition) is 8. The summed E-state index contributed by atoms with van der Waals surface area (Å²) < 4.78 is 7.37. The molecule has 3 rings (SSSR count). The van der Waals surface area contributed by atoms with Gasteiger partial charge in [-0.2, -0.15) is 4.98 Å². The normalized spacial score (nSPS) is 27.0. The maximum atomic E-state index is 11.8. The van der Waals surface area contributed by atoms with E-state index in [0.29, 0.717) is 12.1 Å². The number of anilines is 1. The van der Waals surface area contributed by atoms with Crippen LogP contribution in [0.5, 0.6) is 0 Å². The summed E-state index contributed by atoms with van der Waals surface area (Å²) in [4.78, 5) is 22.2. The van der Waals surface area contributed by atoms with Gasteiger partial charge < -0.3 is 26.4 Å². The molecule has 128 valence electrons. The van der Waals surface area contributed by atoms with Gasteiger partial charge in [0.2, 0.25) is 5.95 Å². The number of imidazole rings is 1. The number of aliphatic hydroxyl groups excluding tert-OH is 2. The molecule has 3 heterocycles. The van der Waals surface area contributed by atoms with Crippen LogP contribution in [0.4, 0.5) is 5.95 Å². The van der Waals surface area contributed by atoms with E-state index in [4.69, 9.17) is 10.5 Å². The van der Waals surface area contributed by atoms with Gasteiger partial charge in [-0.25, -0.2) is 4.98 Å². The SMILES string of the molecule is CC[C@]1(CO)OC(n2cnc3c(=O)[nH]c(N)nc32)C[C@@H]1O.CN. The van der Waals surface area contributed by atoms with E-state index >= 15 is 0 Å². The lowest BCUT2D eigenvalue weighted by Gasteiger charge is -2.28. The fourth-order valence-electron chi connectivity index (χ4n) is 2.70. The monoisotopic (exact) mass is 326 g/mol. The Morgan fingerprint density at radius 2 is 2.26 bits per heavy atom. The van der Waals surface area contributed by atoms with Crippen LogP contribution in [-0.4, -0.2) is 55.1 Å². The largest absolute Gasteiger partial charge is 0.393 e. The lowest BCUT2D eigenvalue weighted by Crippen LogP contribution is -2.42. The molecule has 10 heteroatoms. The summed E-state index contributed by atoms with van der Waals surface area (Å²) >= 11 is 0. The Kier molecular flexibility index (Phi) is 5.00. The number of fused-ring (bicyclic) bond motifs is 1. The third-order valence-corrected chi connectivity index (χ3v) is 4.03. The Morgan fingerprint density at radius 1 is 1.57 bits per heavy atom. The van der Waals surface area contributed by atoms with Crippen LogP contribution in [0.15, 0.2) is 11.1 Å². The van der Waals surface area contributed by atoms with Gasteiger partial charge in [-0.05, 0) is 13.5 Å². The maximum Gasteiger partial charge on any atom is 0.280 e. The van der Waals surface area contributed by atoms with Crippen molar-refractivity contribution in [3.05, 3.63) is 16.7 Å². The molecule has 0 aromatic carbocycles. The second-order valence-electron chi connectivity index (χ2n) is 5.18. The number of aliphatic hydroxyl groups is 2. The molecule has 1 unspecified atom stereocenters. The molecular weight excluding hydrogens is 304 g/mol. The van der Waals surface area contributed by atoms with Crippen LogP contribution >= 0.6 is 0 Å². The topological polar surface area (TPSA) is 165 Å². The quantitative estimate of drug-likeness (QED) is 0.464. The summed E-state index contributed by atoms with van der Waals surface area (Å²) in [6, 6.07) is 0. The van der Waals surface area contributed by atoms with E-state index in [1.165, 1.54) is 13.4 Å². The number of ether oxygens (including phenoxy) is 1. The number of nitrogen functional groups attached to an aromatic ring is 1. The minimum Gasteiger partial charge on any atom is -0.393 e. The Morgan fingerprint density at radius 3 is 2.83 bits per heavy atom. The van der Waals surface area contributed by atoms with E-state index in [9.17, 15) is 15.0 Å². The molecule has 0 radical (unpaired) electrons. The van der Waals surface area contributed by atoms with Crippen LogP contribution in [0.2, 0.25) is 0 Å². The van der Waals surface area contributed by atoms with Gasteiger partial charge in [0.05, 0.1) is 19.0 Å². The molecule has 1 aliphatic heterocycles. The van der Waals surface area contributed by atoms with Crippen LogP contribution in [-0.2, 0) is 4.74 Å². The summed E-state index contributed by atoms with van der Waals surface area (Å²) in [5.41, 5.74) is 9.05. The third kappa shape index (κ3) is 2.81. The highest BCUT2D eigenvalue weighted by Gasteiger charge is 2.47. The van der Waals surface area contributed by atoms with Crippen LogP contribution in [0, 0.1) is 0 Å². The molecule has 3 atom stereocenters. The summed E-state index contributed by atoms with van der Waals surface area (Å²) in [6.45, 7) is 1.54. The van der Waals surface area contributed by atoms with Gasteiger partial charge in [-0.1, -0.05) is 6.92 Å². The summed E-state index contributed by atoms with van der Waals surface area (Å²) in [5, 5.41) is 19.7. The van der Waals surface area contributed by atoms with E-state index in [2.05, 4.69) is 20.7 Å². The van der Waals surface area contributed by atoms with E-state index in [0.717, 1.165) is 0 Å². The molecule has 0 saturated carbocycles. The van der Waals surface area contributed by atoms with Gasteiger partial charge >= 0.3 is 0 Å². The smallest absolute Gasteiger partial charge is 0.280 e.